The van der Waals surface area contributed by atoms with Crippen LogP contribution in [0.3, 0.4) is 0 Å². The van der Waals surface area contributed by atoms with E-state index in [0.717, 1.165) is 50.7 Å². The summed E-state index contributed by atoms with van der Waals surface area (Å²) in [7, 11) is -4.44. The van der Waals surface area contributed by atoms with Gasteiger partial charge in [0.2, 0.25) is 10.0 Å². The fraction of sp³-hybridized carbons (Fsp3) is 0.391. The minimum Gasteiger partial charge on any atom is -0.335 e. The molecule has 1 fully saturated rings. The average Bonchev–Trinajstić information content (AvgIpc) is 3.12. The molecule has 3 aromatic rings. The van der Waals surface area contributed by atoms with E-state index in [2.05, 4.69) is 15.6 Å². The van der Waals surface area contributed by atoms with E-state index >= 15 is 0 Å². The van der Waals surface area contributed by atoms with Crippen LogP contribution in [0, 0.1) is 11.3 Å². The summed E-state index contributed by atoms with van der Waals surface area (Å²) in [4.78, 5) is 3.87. The number of benzene rings is 1. The Hall–Kier alpha value is -2.61. The molecule has 1 saturated carbocycles. The van der Waals surface area contributed by atoms with E-state index in [9.17, 15) is 26.9 Å². The van der Waals surface area contributed by atoms with Crippen molar-refractivity contribution in [1.29, 1.82) is 5.26 Å². The van der Waals surface area contributed by atoms with Crippen molar-refractivity contribution in [3.63, 3.8) is 0 Å². The molecule has 34 heavy (non-hydrogen) atoms. The van der Waals surface area contributed by atoms with Crippen molar-refractivity contribution in [1.82, 2.24) is 14.3 Å². The first-order valence-corrected chi connectivity index (χ1v) is 12.7. The first kappa shape index (κ1) is 24.5. The second-order valence-corrected chi connectivity index (χ2v) is 10.6. The van der Waals surface area contributed by atoms with Gasteiger partial charge < -0.3 is 4.57 Å². The Morgan fingerprint density at radius 3 is 2.50 bits per heavy atom. The molecule has 180 valence electrons. The first-order chi connectivity index (χ1) is 16.0. The smallest absolute Gasteiger partial charge is 0.335 e. The lowest BCUT2D eigenvalue weighted by Gasteiger charge is -2.26. The van der Waals surface area contributed by atoms with E-state index in [1.54, 1.807) is 16.9 Å². The van der Waals surface area contributed by atoms with Gasteiger partial charge in [0.1, 0.15) is 17.0 Å². The summed E-state index contributed by atoms with van der Waals surface area (Å²) >= 11 is 6.20. The van der Waals surface area contributed by atoms with Gasteiger partial charge in [-0.15, -0.1) is 0 Å². The molecule has 1 N–H and O–H groups in total. The molecule has 6 nitrogen and oxygen atoms in total. The predicted molar refractivity (Wildman–Crippen MR) is 123 cm³/mol. The number of pyridine rings is 1. The van der Waals surface area contributed by atoms with Gasteiger partial charge in [0.25, 0.3) is 0 Å². The number of nitrogens with zero attached hydrogens (tertiary/aromatic N) is 3. The molecule has 4 rings (SSSR count). The van der Waals surface area contributed by atoms with Crippen LogP contribution in [0.5, 0.6) is 0 Å². The molecule has 1 aliphatic rings. The van der Waals surface area contributed by atoms with E-state index < -0.39 is 27.1 Å². The van der Waals surface area contributed by atoms with Crippen LogP contribution in [0.25, 0.3) is 22.3 Å². The number of nitriles is 1. The second kappa shape index (κ2) is 9.21. The van der Waals surface area contributed by atoms with E-state index in [-0.39, 0.29) is 6.04 Å². The van der Waals surface area contributed by atoms with Crippen LogP contribution in [0.15, 0.2) is 41.4 Å². The number of halogens is 4. The molecule has 0 amide bonds. The van der Waals surface area contributed by atoms with Crippen LogP contribution in [0.4, 0.5) is 13.2 Å². The molecule has 2 heterocycles. The highest BCUT2D eigenvalue weighted by molar-refractivity contribution is 7.89. The average molecular weight is 511 g/mol. The maximum Gasteiger partial charge on any atom is 0.404 e. The number of nitrogens with one attached hydrogen (secondary N) is 1. The largest absolute Gasteiger partial charge is 0.404 e. The summed E-state index contributed by atoms with van der Waals surface area (Å²) < 4.78 is 67.0. The van der Waals surface area contributed by atoms with Crippen molar-refractivity contribution in [2.75, 3.05) is 0 Å². The highest BCUT2D eigenvalue weighted by Crippen LogP contribution is 2.40. The third-order valence-electron chi connectivity index (χ3n) is 6.13. The summed E-state index contributed by atoms with van der Waals surface area (Å²) in [6.07, 6.45) is 1.38. The van der Waals surface area contributed by atoms with Crippen LogP contribution in [-0.4, -0.2) is 30.2 Å². The summed E-state index contributed by atoms with van der Waals surface area (Å²) in [5.74, 6) is 0. The monoisotopic (exact) mass is 510 g/mol. The third-order valence-corrected chi connectivity index (χ3v) is 7.89. The van der Waals surface area contributed by atoms with Gasteiger partial charge >= 0.3 is 6.18 Å². The molecule has 1 aliphatic carbocycles. The summed E-state index contributed by atoms with van der Waals surface area (Å²) in [5, 5.41) is 11.2. The van der Waals surface area contributed by atoms with Gasteiger partial charge in [0, 0.05) is 22.6 Å². The van der Waals surface area contributed by atoms with Crippen LogP contribution >= 0.6 is 11.6 Å². The molecule has 1 atom stereocenters. The highest BCUT2D eigenvalue weighted by atomic mass is 35.5. The topological polar surface area (TPSA) is 87.8 Å². The zero-order valence-corrected chi connectivity index (χ0v) is 19.8. The lowest BCUT2D eigenvalue weighted by atomic mass is 9.95. The molecule has 2 aromatic heterocycles. The van der Waals surface area contributed by atoms with E-state index in [1.807, 2.05) is 6.07 Å². The van der Waals surface area contributed by atoms with Crippen molar-refractivity contribution in [3.8, 4) is 17.5 Å². The van der Waals surface area contributed by atoms with Crippen LogP contribution in [0.1, 0.15) is 50.6 Å². The van der Waals surface area contributed by atoms with E-state index in [0.29, 0.717) is 27.4 Å². The van der Waals surface area contributed by atoms with Crippen molar-refractivity contribution >= 4 is 32.5 Å². The number of hydrogen-bond acceptors (Lipinski definition) is 4. The molecular weight excluding hydrogens is 489 g/mol. The molecule has 0 saturated heterocycles. The van der Waals surface area contributed by atoms with Gasteiger partial charge in [0.15, 0.2) is 0 Å². The van der Waals surface area contributed by atoms with Crippen LogP contribution in [0.2, 0.25) is 5.02 Å². The van der Waals surface area contributed by atoms with Gasteiger partial charge in [0.05, 0.1) is 22.5 Å². The Labute approximate surface area is 200 Å². The van der Waals surface area contributed by atoms with Crippen LogP contribution in [-0.2, 0) is 10.0 Å². The summed E-state index contributed by atoms with van der Waals surface area (Å²) in [5.41, 5.74) is 2.11. The maximum absolute atomic E-state index is 12.8. The Kier molecular flexibility index (Phi) is 6.64. The standard InChI is InChI=1S/C23H22ClF3N4O2S/c1-14(23(25,26)27)30-34(32,33)17-8-9-20(29-13-17)22-19(12-28)18-11-15(24)7-10-21(18)31(22)16-5-3-2-4-6-16/h7-11,13-14,16,30H,2-6H2,1H3/t14-/m0/s1. The minimum atomic E-state index is -4.72. The third kappa shape index (κ3) is 4.65. The van der Waals surface area contributed by atoms with Gasteiger partial charge in [-0.3, -0.25) is 4.98 Å². The van der Waals surface area contributed by atoms with Crippen molar-refractivity contribution in [2.45, 2.75) is 62.2 Å². The Morgan fingerprint density at radius 1 is 1.21 bits per heavy atom. The second-order valence-electron chi connectivity index (χ2n) is 8.42. The number of alkyl halides is 3. The molecule has 1 aromatic carbocycles. The zero-order chi connectivity index (χ0) is 24.7. The molecule has 0 spiro atoms. The molecule has 0 unspecified atom stereocenters. The number of aromatic nitrogens is 2. The highest BCUT2D eigenvalue weighted by Gasteiger charge is 2.39. The SMILES string of the molecule is C[C@H](NS(=O)(=O)c1ccc(-c2c(C#N)c3cc(Cl)ccc3n2C2CCCCC2)nc1)C(F)(F)F. The van der Waals surface area contributed by atoms with Gasteiger partial charge in [-0.05, 0) is 50.1 Å². The van der Waals surface area contributed by atoms with Crippen molar-refractivity contribution < 1.29 is 21.6 Å². The number of sulfonamides is 1. The lowest BCUT2D eigenvalue weighted by molar-refractivity contribution is -0.147. The van der Waals surface area contributed by atoms with Gasteiger partial charge in [-0.1, -0.05) is 30.9 Å². The van der Waals surface area contributed by atoms with Gasteiger partial charge in [-0.25, -0.2) is 8.42 Å². The quantitative estimate of drug-likeness (QED) is 0.458. The zero-order valence-electron chi connectivity index (χ0n) is 18.2. The molecular formula is C23H22ClF3N4O2S. The predicted octanol–water partition coefficient (Wildman–Crippen LogP) is 5.96. The van der Waals surface area contributed by atoms with Crippen molar-refractivity contribution in [2.24, 2.45) is 0 Å². The molecule has 0 bridgehead atoms. The summed E-state index contributed by atoms with van der Waals surface area (Å²) in [6, 6.07) is 8.07. The summed E-state index contributed by atoms with van der Waals surface area (Å²) in [6.45, 7) is 0.728. The Morgan fingerprint density at radius 2 is 1.91 bits per heavy atom. The lowest BCUT2D eigenvalue weighted by Crippen LogP contribution is -2.42. The molecule has 0 radical (unpaired) electrons. The van der Waals surface area contributed by atoms with Crippen LogP contribution < -0.4 is 4.72 Å². The first-order valence-electron chi connectivity index (χ1n) is 10.8. The van der Waals surface area contributed by atoms with E-state index in [1.165, 1.54) is 12.1 Å². The van der Waals surface area contributed by atoms with E-state index in [4.69, 9.17) is 11.6 Å². The Bertz CT molecular complexity index is 1360. The Balaban J connectivity index is 1.82. The molecule has 11 heteroatoms. The fourth-order valence-electron chi connectivity index (χ4n) is 4.42. The number of fused-ring (bicyclic) bond motifs is 1. The normalized spacial score (nSPS) is 16.5. The number of hydrogen-bond donors (Lipinski definition) is 1. The van der Waals surface area contributed by atoms with Crippen molar-refractivity contribution in [3.05, 3.63) is 47.1 Å². The minimum absolute atomic E-state index is 0.133. The number of rotatable bonds is 5. The molecule has 0 aliphatic heterocycles. The van der Waals surface area contributed by atoms with Gasteiger partial charge in [-0.2, -0.15) is 23.2 Å². The maximum atomic E-state index is 12.8. The fourth-order valence-corrected chi connectivity index (χ4v) is 5.76.